The average Bonchev–Trinajstić information content (AvgIpc) is 2.45. The molecule has 1 fully saturated rings. The van der Waals surface area contributed by atoms with Gasteiger partial charge in [-0.1, -0.05) is 0 Å². The van der Waals surface area contributed by atoms with Gasteiger partial charge in [0.15, 0.2) is 0 Å². The van der Waals surface area contributed by atoms with E-state index in [1.807, 2.05) is 11.8 Å². The average molecular weight is 278 g/mol. The maximum absolute atomic E-state index is 11.7. The molecule has 1 aliphatic rings. The van der Waals surface area contributed by atoms with Crippen molar-refractivity contribution in [3.8, 4) is 0 Å². The number of rotatable bonds is 3. The minimum atomic E-state index is -0.407. The van der Waals surface area contributed by atoms with Crippen molar-refractivity contribution in [2.45, 2.75) is 13.0 Å². The second kappa shape index (κ2) is 5.87. The first-order chi connectivity index (χ1) is 9.52. The number of carbonyl (C=O) groups is 1. The molecular weight excluding hydrogens is 260 g/mol. The van der Waals surface area contributed by atoms with Crippen LogP contribution in [0.15, 0.2) is 18.2 Å². The molecule has 0 radical (unpaired) electrons. The van der Waals surface area contributed by atoms with Gasteiger partial charge in [-0.3, -0.25) is 14.9 Å². The summed E-state index contributed by atoms with van der Waals surface area (Å²) < 4.78 is 0. The fourth-order valence-electron chi connectivity index (χ4n) is 2.37. The van der Waals surface area contributed by atoms with Crippen molar-refractivity contribution < 1.29 is 9.72 Å². The first-order valence-corrected chi connectivity index (χ1v) is 6.51. The van der Waals surface area contributed by atoms with E-state index in [0.717, 1.165) is 6.54 Å². The highest BCUT2D eigenvalue weighted by molar-refractivity contribution is 5.95. The molecular formula is C13H18N4O3. The Labute approximate surface area is 117 Å². The smallest absolute Gasteiger partial charge is 0.292 e. The van der Waals surface area contributed by atoms with Crippen LogP contribution in [-0.4, -0.2) is 43.6 Å². The quantitative estimate of drug-likeness (QED) is 0.629. The van der Waals surface area contributed by atoms with Crippen LogP contribution in [0.25, 0.3) is 0 Å². The van der Waals surface area contributed by atoms with Gasteiger partial charge in [-0.25, -0.2) is 0 Å². The van der Waals surface area contributed by atoms with Gasteiger partial charge in [0, 0.05) is 44.4 Å². The van der Waals surface area contributed by atoms with E-state index in [9.17, 15) is 14.9 Å². The highest BCUT2D eigenvalue weighted by Crippen LogP contribution is 2.30. The maximum Gasteiger partial charge on any atom is 0.292 e. The molecule has 0 saturated carbocycles. The Kier molecular flexibility index (Phi) is 4.19. The number of nitrogens with one attached hydrogen (secondary N) is 2. The molecule has 7 heteroatoms. The van der Waals surface area contributed by atoms with Crippen LogP contribution in [0.5, 0.6) is 0 Å². The summed E-state index contributed by atoms with van der Waals surface area (Å²) in [5.41, 5.74) is 0.968. The maximum atomic E-state index is 11.7. The molecule has 1 heterocycles. The van der Waals surface area contributed by atoms with Crippen LogP contribution in [-0.2, 0) is 0 Å². The molecule has 1 aliphatic heterocycles. The number of amides is 1. The second-order valence-corrected chi connectivity index (χ2v) is 4.84. The highest BCUT2D eigenvalue weighted by Gasteiger charge is 2.24. The SMILES string of the molecule is CNC(=O)c1ccc([N+](=O)[O-])c(N2CCN[C@@H](C)C2)c1. The Hall–Kier alpha value is -2.15. The van der Waals surface area contributed by atoms with Crippen LogP contribution in [0.4, 0.5) is 11.4 Å². The van der Waals surface area contributed by atoms with Crippen molar-refractivity contribution in [3.63, 3.8) is 0 Å². The molecule has 0 unspecified atom stereocenters. The van der Waals surface area contributed by atoms with E-state index in [0.29, 0.717) is 24.3 Å². The Balaban J connectivity index is 2.41. The minimum Gasteiger partial charge on any atom is -0.363 e. The number of hydrogen-bond acceptors (Lipinski definition) is 5. The molecule has 2 N–H and O–H groups in total. The lowest BCUT2D eigenvalue weighted by Gasteiger charge is -2.33. The summed E-state index contributed by atoms with van der Waals surface area (Å²) in [6, 6.07) is 4.72. The highest BCUT2D eigenvalue weighted by atomic mass is 16.6. The summed E-state index contributed by atoms with van der Waals surface area (Å²) in [6.45, 7) is 4.16. The van der Waals surface area contributed by atoms with Crippen molar-refractivity contribution >= 4 is 17.3 Å². The predicted octanol–water partition coefficient (Wildman–Crippen LogP) is 0.752. The second-order valence-electron chi connectivity index (χ2n) is 4.84. The monoisotopic (exact) mass is 278 g/mol. The predicted molar refractivity (Wildman–Crippen MR) is 76.2 cm³/mol. The zero-order valence-corrected chi connectivity index (χ0v) is 11.5. The number of nitro groups is 1. The van der Waals surface area contributed by atoms with E-state index in [2.05, 4.69) is 10.6 Å². The number of carbonyl (C=O) groups excluding carboxylic acids is 1. The molecule has 20 heavy (non-hydrogen) atoms. The standard InChI is InChI=1S/C13H18N4O3/c1-9-8-16(6-5-15-9)12-7-10(13(18)14-2)3-4-11(12)17(19)20/h3-4,7,9,15H,5-6,8H2,1-2H3,(H,14,18)/t9-/m0/s1. The van der Waals surface area contributed by atoms with Gasteiger partial charge >= 0.3 is 0 Å². The van der Waals surface area contributed by atoms with Gasteiger partial charge in [-0.05, 0) is 19.1 Å². The molecule has 0 spiro atoms. The summed E-state index contributed by atoms with van der Waals surface area (Å²) in [7, 11) is 1.54. The molecule has 1 aromatic rings. The van der Waals surface area contributed by atoms with Crippen LogP contribution in [0, 0.1) is 10.1 Å². The van der Waals surface area contributed by atoms with E-state index in [4.69, 9.17) is 0 Å². The van der Waals surface area contributed by atoms with Crippen LogP contribution in [0.1, 0.15) is 17.3 Å². The molecule has 1 amide bonds. The Bertz CT molecular complexity index is 532. The fraction of sp³-hybridized carbons (Fsp3) is 0.462. The third kappa shape index (κ3) is 2.88. The van der Waals surface area contributed by atoms with Gasteiger partial charge in [0.1, 0.15) is 5.69 Å². The van der Waals surface area contributed by atoms with Crippen molar-refractivity contribution in [1.82, 2.24) is 10.6 Å². The summed E-state index contributed by atoms with van der Waals surface area (Å²) in [4.78, 5) is 24.4. The molecule has 1 atom stereocenters. The molecule has 108 valence electrons. The molecule has 1 saturated heterocycles. The number of nitro benzene ring substituents is 1. The number of anilines is 1. The van der Waals surface area contributed by atoms with Gasteiger partial charge in [0.05, 0.1) is 4.92 Å². The number of piperazine rings is 1. The third-order valence-electron chi connectivity index (χ3n) is 3.37. The summed E-state index contributed by atoms with van der Waals surface area (Å²) in [5, 5.41) is 17.0. The lowest BCUT2D eigenvalue weighted by Crippen LogP contribution is -2.49. The Morgan fingerprint density at radius 1 is 1.55 bits per heavy atom. The van der Waals surface area contributed by atoms with Gasteiger partial charge in [-0.15, -0.1) is 0 Å². The molecule has 0 aromatic heterocycles. The third-order valence-corrected chi connectivity index (χ3v) is 3.37. The van der Waals surface area contributed by atoms with E-state index in [1.54, 1.807) is 6.07 Å². The van der Waals surface area contributed by atoms with E-state index < -0.39 is 4.92 Å². The molecule has 2 rings (SSSR count). The van der Waals surface area contributed by atoms with Crippen molar-refractivity contribution in [2.24, 2.45) is 0 Å². The summed E-state index contributed by atoms with van der Waals surface area (Å²) in [6.07, 6.45) is 0. The zero-order chi connectivity index (χ0) is 14.7. The fourth-order valence-corrected chi connectivity index (χ4v) is 2.37. The zero-order valence-electron chi connectivity index (χ0n) is 11.5. The van der Waals surface area contributed by atoms with Crippen LogP contribution >= 0.6 is 0 Å². The van der Waals surface area contributed by atoms with Crippen LogP contribution in [0.2, 0.25) is 0 Å². The first-order valence-electron chi connectivity index (χ1n) is 6.51. The number of benzene rings is 1. The molecule has 1 aromatic carbocycles. The topological polar surface area (TPSA) is 87.5 Å². The summed E-state index contributed by atoms with van der Waals surface area (Å²) >= 11 is 0. The minimum absolute atomic E-state index is 0.0340. The van der Waals surface area contributed by atoms with Crippen LogP contribution < -0.4 is 15.5 Å². The van der Waals surface area contributed by atoms with E-state index in [-0.39, 0.29) is 17.6 Å². The molecule has 7 nitrogen and oxygen atoms in total. The van der Waals surface area contributed by atoms with Gasteiger partial charge in [-0.2, -0.15) is 0 Å². The summed E-state index contributed by atoms with van der Waals surface area (Å²) in [5.74, 6) is -0.246. The molecule has 0 bridgehead atoms. The van der Waals surface area contributed by atoms with Gasteiger partial charge in [0.2, 0.25) is 0 Å². The lowest BCUT2D eigenvalue weighted by atomic mass is 10.1. The van der Waals surface area contributed by atoms with Crippen molar-refractivity contribution in [3.05, 3.63) is 33.9 Å². The van der Waals surface area contributed by atoms with Crippen molar-refractivity contribution in [2.75, 3.05) is 31.6 Å². The Morgan fingerprint density at radius 2 is 2.30 bits per heavy atom. The number of nitrogens with zero attached hydrogens (tertiary/aromatic N) is 2. The largest absolute Gasteiger partial charge is 0.363 e. The molecule has 0 aliphatic carbocycles. The van der Waals surface area contributed by atoms with Gasteiger partial charge < -0.3 is 15.5 Å². The van der Waals surface area contributed by atoms with E-state index >= 15 is 0 Å². The normalized spacial score (nSPS) is 18.7. The van der Waals surface area contributed by atoms with Gasteiger partial charge in [0.25, 0.3) is 11.6 Å². The lowest BCUT2D eigenvalue weighted by molar-refractivity contribution is -0.384. The van der Waals surface area contributed by atoms with Crippen molar-refractivity contribution in [1.29, 1.82) is 0 Å². The Morgan fingerprint density at radius 3 is 2.90 bits per heavy atom. The number of hydrogen-bond donors (Lipinski definition) is 2. The first kappa shape index (κ1) is 14.3. The van der Waals surface area contributed by atoms with E-state index in [1.165, 1.54) is 19.2 Å². The van der Waals surface area contributed by atoms with Crippen LogP contribution in [0.3, 0.4) is 0 Å².